The van der Waals surface area contributed by atoms with Crippen molar-refractivity contribution in [1.29, 1.82) is 0 Å². The number of halogens is 1. The zero-order chi connectivity index (χ0) is 16.7. The lowest BCUT2D eigenvalue weighted by Crippen LogP contribution is -2.39. The summed E-state index contributed by atoms with van der Waals surface area (Å²) in [4.78, 5) is 28.9. The summed E-state index contributed by atoms with van der Waals surface area (Å²) < 4.78 is 13.7. The van der Waals surface area contributed by atoms with Gasteiger partial charge in [0.1, 0.15) is 5.82 Å². The monoisotopic (exact) mass is 315 g/mol. The van der Waals surface area contributed by atoms with E-state index in [4.69, 9.17) is 0 Å². The number of hydrogen-bond acceptors (Lipinski definition) is 3. The topological polar surface area (TPSA) is 62.3 Å². The van der Waals surface area contributed by atoms with Crippen molar-refractivity contribution < 1.29 is 14.0 Å². The molecule has 0 bridgehead atoms. The van der Waals surface area contributed by atoms with E-state index in [1.165, 1.54) is 17.9 Å². The Hall–Kier alpha value is -2.76. The number of amides is 2. The van der Waals surface area contributed by atoms with Crippen LogP contribution in [0.5, 0.6) is 0 Å². The summed E-state index contributed by atoms with van der Waals surface area (Å²) in [6, 6.07) is 9.82. The number of benzene rings is 1. The van der Waals surface area contributed by atoms with Crippen LogP contribution in [-0.4, -0.2) is 28.2 Å². The molecule has 0 saturated carbocycles. The molecule has 1 N–H and O–H groups in total. The third kappa shape index (κ3) is 5.18. The van der Waals surface area contributed by atoms with Gasteiger partial charge in [-0.15, -0.1) is 0 Å². The largest absolute Gasteiger partial charge is 0.350 e. The lowest BCUT2D eigenvalue weighted by molar-refractivity contribution is -0.135. The molecular formula is C17H18FN3O2. The van der Waals surface area contributed by atoms with E-state index in [-0.39, 0.29) is 24.9 Å². The fourth-order valence-electron chi connectivity index (χ4n) is 2.04. The maximum Gasteiger partial charge on any atom is 0.239 e. The summed E-state index contributed by atoms with van der Waals surface area (Å²) in [6.07, 6.45) is 3.31. The number of rotatable bonds is 6. The average Bonchev–Trinajstić information content (AvgIpc) is 2.55. The van der Waals surface area contributed by atoms with E-state index in [2.05, 4.69) is 10.3 Å². The smallest absolute Gasteiger partial charge is 0.239 e. The average molecular weight is 315 g/mol. The zero-order valence-electron chi connectivity index (χ0n) is 12.8. The van der Waals surface area contributed by atoms with Crippen molar-refractivity contribution in [3.63, 3.8) is 0 Å². The molecule has 1 heterocycles. The van der Waals surface area contributed by atoms with Gasteiger partial charge in [0.05, 0.1) is 6.54 Å². The first-order chi connectivity index (χ1) is 11.1. The van der Waals surface area contributed by atoms with Gasteiger partial charge in [-0.25, -0.2) is 4.39 Å². The van der Waals surface area contributed by atoms with Gasteiger partial charge < -0.3 is 10.2 Å². The fraction of sp³-hybridized carbons (Fsp3) is 0.235. The number of hydrogen-bond donors (Lipinski definition) is 1. The zero-order valence-corrected chi connectivity index (χ0v) is 12.8. The van der Waals surface area contributed by atoms with E-state index in [0.717, 1.165) is 5.56 Å². The Morgan fingerprint density at radius 1 is 1.22 bits per heavy atom. The molecule has 2 aromatic rings. The molecular weight excluding hydrogens is 297 g/mol. The van der Waals surface area contributed by atoms with E-state index >= 15 is 0 Å². The van der Waals surface area contributed by atoms with Gasteiger partial charge in [-0.3, -0.25) is 14.6 Å². The van der Waals surface area contributed by atoms with Crippen molar-refractivity contribution in [3.8, 4) is 0 Å². The molecule has 23 heavy (non-hydrogen) atoms. The van der Waals surface area contributed by atoms with Crippen LogP contribution in [0.1, 0.15) is 18.1 Å². The normalized spacial score (nSPS) is 10.2. The SMILES string of the molecule is CC(=O)N(CC(=O)NCc1cccnc1)Cc1ccccc1F. The highest BCUT2D eigenvalue weighted by Gasteiger charge is 2.15. The summed E-state index contributed by atoms with van der Waals surface area (Å²) in [5.41, 5.74) is 1.24. The van der Waals surface area contributed by atoms with Gasteiger partial charge in [0, 0.05) is 38.0 Å². The highest BCUT2D eigenvalue weighted by atomic mass is 19.1. The lowest BCUT2D eigenvalue weighted by Gasteiger charge is -2.21. The van der Waals surface area contributed by atoms with Crippen molar-refractivity contribution in [2.75, 3.05) is 6.54 Å². The molecule has 0 saturated heterocycles. The summed E-state index contributed by atoms with van der Waals surface area (Å²) >= 11 is 0. The van der Waals surface area contributed by atoms with Gasteiger partial charge in [0.2, 0.25) is 11.8 Å². The number of pyridine rings is 1. The van der Waals surface area contributed by atoms with Crippen LogP contribution in [0.15, 0.2) is 48.8 Å². The molecule has 0 aliphatic rings. The molecule has 1 aromatic carbocycles. The number of aromatic nitrogens is 1. The van der Waals surface area contributed by atoms with E-state index < -0.39 is 5.82 Å². The van der Waals surface area contributed by atoms with Crippen molar-refractivity contribution in [3.05, 3.63) is 65.7 Å². The van der Waals surface area contributed by atoms with Gasteiger partial charge in [-0.1, -0.05) is 24.3 Å². The van der Waals surface area contributed by atoms with Gasteiger partial charge in [-0.05, 0) is 17.7 Å². The van der Waals surface area contributed by atoms with Gasteiger partial charge in [0.15, 0.2) is 0 Å². The minimum Gasteiger partial charge on any atom is -0.350 e. The summed E-state index contributed by atoms with van der Waals surface area (Å²) in [5, 5.41) is 2.72. The Bertz CT molecular complexity index is 677. The molecule has 6 heteroatoms. The van der Waals surface area contributed by atoms with Crippen LogP contribution in [0.2, 0.25) is 0 Å². The second kappa shape index (κ2) is 8.03. The second-order valence-electron chi connectivity index (χ2n) is 5.10. The minimum absolute atomic E-state index is 0.0579. The summed E-state index contributed by atoms with van der Waals surface area (Å²) in [6.45, 7) is 1.62. The van der Waals surface area contributed by atoms with Crippen LogP contribution in [0, 0.1) is 5.82 Å². The van der Waals surface area contributed by atoms with Crippen molar-refractivity contribution in [1.82, 2.24) is 15.2 Å². The second-order valence-corrected chi connectivity index (χ2v) is 5.10. The molecule has 0 aliphatic carbocycles. The highest BCUT2D eigenvalue weighted by Crippen LogP contribution is 2.10. The number of carbonyl (C=O) groups excluding carboxylic acids is 2. The Morgan fingerprint density at radius 3 is 2.65 bits per heavy atom. The Morgan fingerprint density at radius 2 is 2.00 bits per heavy atom. The quantitative estimate of drug-likeness (QED) is 0.885. The summed E-state index contributed by atoms with van der Waals surface area (Å²) in [7, 11) is 0. The summed E-state index contributed by atoms with van der Waals surface area (Å²) in [5.74, 6) is -0.986. The van der Waals surface area contributed by atoms with Crippen LogP contribution in [0.4, 0.5) is 4.39 Å². The Labute approximate surface area is 134 Å². The van der Waals surface area contributed by atoms with Crippen molar-refractivity contribution in [2.24, 2.45) is 0 Å². The molecule has 2 rings (SSSR count). The molecule has 1 aromatic heterocycles. The molecule has 2 amide bonds. The number of nitrogens with one attached hydrogen (secondary N) is 1. The maximum atomic E-state index is 13.7. The van der Waals surface area contributed by atoms with Gasteiger partial charge in [0.25, 0.3) is 0 Å². The molecule has 5 nitrogen and oxygen atoms in total. The van der Waals surface area contributed by atoms with Crippen LogP contribution in [-0.2, 0) is 22.7 Å². The van der Waals surface area contributed by atoms with Crippen molar-refractivity contribution >= 4 is 11.8 Å². The first-order valence-corrected chi connectivity index (χ1v) is 7.21. The number of carbonyl (C=O) groups is 2. The molecule has 0 fully saturated rings. The first-order valence-electron chi connectivity index (χ1n) is 7.21. The molecule has 120 valence electrons. The van der Waals surface area contributed by atoms with Crippen LogP contribution in [0.25, 0.3) is 0 Å². The predicted octanol–water partition coefficient (Wildman–Crippen LogP) is 1.89. The van der Waals surface area contributed by atoms with Crippen molar-refractivity contribution in [2.45, 2.75) is 20.0 Å². The van der Waals surface area contributed by atoms with Gasteiger partial charge in [-0.2, -0.15) is 0 Å². The van der Waals surface area contributed by atoms with E-state index in [1.807, 2.05) is 6.07 Å². The van der Waals surface area contributed by atoms with E-state index in [9.17, 15) is 14.0 Å². The van der Waals surface area contributed by atoms with E-state index in [0.29, 0.717) is 12.1 Å². The minimum atomic E-state index is -0.394. The molecule has 0 aliphatic heterocycles. The maximum absolute atomic E-state index is 13.7. The highest BCUT2D eigenvalue weighted by molar-refractivity contribution is 5.83. The van der Waals surface area contributed by atoms with Crippen LogP contribution >= 0.6 is 0 Å². The first kappa shape index (κ1) is 16.6. The third-order valence-electron chi connectivity index (χ3n) is 3.31. The standard InChI is InChI=1S/C17H18FN3O2/c1-13(22)21(11-15-6-2-3-7-16(15)18)12-17(23)20-10-14-5-4-8-19-9-14/h2-9H,10-12H2,1H3,(H,20,23). The predicted molar refractivity (Wildman–Crippen MR) is 83.6 cm³/mol. The van der Waals surface area contributed by atoms with Crippen LogP contribution in [0.3, 0.4) is 0 Å². The van der Waals surface area contributed by atoms with Crippen LogP contribution < -0.4 is 5.32 Å². The molecule has 0 unspecified atom stereocenters. The Balaban J connectivity index is 1.92. The molecule has 0 atom stereocenters. The Kier molecular flexibility index (Phi) is 5.80. The fourth-order valence-corrected chi connectivity index (χ4v) is 2.04. The van der Waals surface area contributed by atoms with Gasteiger partial charge >= 0.3 is 0 Å². The third-order valence-corrected chi connectivity index (χ3v) is 3.31. The number of nitrogens with zero attached hydrogens (tertiary/aromatic N) is 2. The van der Waals surface area contributed by atoms with E-state index in [1.54, 1.807) is 36.7 Å². The molecule has 0 spiro atoms. The molecule has 0 radical (unpaired) electrons. The lowest BCUT2D eigenvalue weighted by atomic mass is 10.2.